The van der Waals surface area contributed by atoms with Gasteiger partial charge in [0, 0.05) is 32.6 Å². The van der Waals surface area contributed by atoms with Gasteiger partial charge in [0.15, 0.2) is 0 Å². The van der Waals surface area contributed by atoms with E-state index >= 15 is 0 Å². The van der Waals surface area contributed by atoms with Gasteiger partial charge in [-0.3, -0.25) is 0 Å². The summed E-state index contributed by atoms with van der Waals surface area (Å²) in [6.45, 7) is 0.0514. The van der Waals surface area contributed by atoms with Crippen molar-refractivity contribution in [2.45, 2.75) is 74.4 Å². The van der Waals surface area contributed by atoms with Crippen LogP contribution in [0.15, 0.2) is 0 Å². The van der Waals surface area contributed by atoms with Crippen molar-refractivity contribution < 1.29 is 70.4 Å². The van der Waals surface area contributed by atoms with Crippen LogP contribution in [0.3, 0.4) is 0 Å². The maximum Gasteiger partial charge on any atom is 0.503 e. The van der Waals surface area contributed by atoms with Crippen LogP contribution in [0.25, 0.3) is 0 Å². The van der Waals surface area contributed by atoms with E-state index in [0.29, 0.717) is 0 Å². The third kappa shape index (κ3) is 5.81. The zero-order valence-corrected chi connectivity index (χ0v) is 18.0. The second-order valence-corrected chi connectivity index (χ2v) is 10.2. The van der Waals surface area contributed by atoms with Crippen molar-refractivity contribution in [1.29, 1.82) is 0 Å². The molecule has 0 aliphatic heterocycles. The number of rotatable bonds is 13. The van der Waals surface area contributed by atoms with Crippen molar-refractivity contribution in [2.24, 2.45) is 0 Å². The first-order chi connectivity index (χ1) is 14.0. The molecular weight excluding hydrogens is 503 g/mol. The predicted molar refractivity (Wildman–Crippen MR) is 85.5 cm³/mol. The maximum atomic E-state index is 14.0. The lowest BCUT2D eigenvalue weighted by atomic mass is 9.92. The first-order valence-corrected chi connectivity index (χ1v) is 10.5. The van der Waals surface area contributed by atoms with Crippen molar-refractivity contribution in [2.75, 3.05) is 20.8 Å². The molecule has 1 atom stereocenters. The van der Waals surface area contributed by atoms with Gasteiger partial charge in [-0.05, 0) is 6.42 Å². The fraction of sp³-hybridized carbons (Fsp3) is 1.00. The molecule has 3 nitrogen and oxygen atoms in total. The fourth-order valence-corrected chi connectivity index (χ4v) is 4.76. The average molecular weight is 524 g/mol. The summed E-state index contributed by atoms with van der Waals surface area (Å²) in [5, 5.41) is 0. The predicted octanol–water partition coefficient (Wildman–Crippen LogP) is 6.55. The van der Waals surface area contributed by atoms with Crippen LogP contribution in [0.1, 0.15) is 33.1 Å². The first-order valence-electron chi connectivity index (χ1n) is 8.72. The van der Waals surface area contributed by atoms with Gasteiger partial charge in [0.2, 0.25) is 0 Å². The van der Waals surface area contributed by atoms with E-state index in [4.69, 9.17) is 8.85 Å². The Balaban J connectivity index is 6.00. The summed E-state index contributed by atoms with van der Waals surface area (Å²) in [4.78, 5) is 0. The fourth-order valence-electron chi connectivity index (χ4n) is 2.39. The Labute approximate surface area is 175 Å². The van der Waals surface area contributed by atoms with Gasteiger partial charge in [-0.1, -0.05) is 13.8 Å². The quantitative estimate of drug-likeness (QED) is 0.202. The number of hydrogen-bond donors (Lipinski definition) is 0. The summed E-state index contributed by atoms with van der Waals surface area (Å²) in [5.74, 6) is -34.6. The molecule has 0 bridgehead atoms. The monoisotopic (exact) mass is 524 g/mol. The van der Waals surface area contributed by atoms with E-state index in [1.807, 2.05) is 0 Å². The van der Waals surface area contributed by atoms with Crippen LogP contribution in [0.4, 0.5) is 57.1 Å². The van der Waals surface area contributed by atoms with E-state index in [0.717, 1.165) is 14.2 Å². The van der Waals surface area contributed by atoms with Gasteiger partial charge in [0.05, 0.1) is 0 Å². The van der Waals surface area contributed by atoms with Crippen molar-refractivity contribution >= 4 is 8.80 Å². The molecule has 0 radical (unpaired) electrons. The molecule has 0 saturated carbocycles. The molecule has 32 heavy (non-hydrogen) atoms. The van der Waals surface area contributed by atoms with Crippen LogP contribution in [-0.2, 0) is 13.3 Å². The molecule has 0 heterocycles. The first kappa shape index (κ1) is 31.2. The Morgan fingerprint density at radius 1 is 0.656 bits per heavy atom. The minimum absolute atomic E-state index is 0.0928. The summed E-state index contributed by atoms with van der Waals surface area (Å²) in [6, 6.07) is 0. The molecular formula is C15H21F13O3Si. The van der Waals surface area contributed by atoms with Crippen molar-refractivity contribution in [3.8, 4) is 0 Å². The minimum atomic E-state index is -7.48. The summed E-state index contributed by atoms with van der Waals surface area (Å²) in [7, 11) is -2.53. The Morgan fingerprint density at radius 3 is 1.41 bits per heavy atom. The highest BCUT2D eigenvalue weighted by Gasteiger charge is 2.86. The lowest BCUT2D eigenvalue weighted by molar-refractivity contribution is -0.405. The molecule has 0 aliphatic rings. The van der Waals surface area contributed by atoms with E-state index < -0.39 is 69.6 Å². The largest absolute Gasteiger partial charge is 0.503 e. The number of alkyl halides is 13. The van der Waals surface area contributed by atoms with Crippen LogP contribution in [0.5, 0.6) is 0 Å². The van der Waals surface area contributed by atoms with E-state index in [-0.39, 0.29) is 6.42 Å². The molecule has 0 fully saturated rings. The molecule has 0 aromatic carbocycles. The maximum absolute atomic E-state index is 14.0. The molecule has 0 spiro atoms. The summed E-state index contributed by atoms with van der Waals surface area (Å²) in [6.07, 6.45) is -11.3. The Bertz CT molecular complexity index is 606. The van der Waals surface area contributed by atoms with Crippen LogP contribution >= 0.6 is 0 Å². The molecule has 0 rings (SSSR count). The van der Waals surface area contributed by atoms with Crippen LogP contribution < -0.4 is 0 Å². The standard InChI is InChI=1S/C15H21F13O3Si/c1-5-9(2)32(29-3,30-4)31-8-11(18,19)14(25,26)15(27,28)13(23,24)10(16,17)6-7-12(20,21)22/h9H,5-8H2,1-4H3. The van der Waals surface area contributed by atoms with Crippen molar-refractivity contribution in [1.82, 2.24) is 0 Å². The SMILES string of the molecule is CCC(C)[Si](OC)(OC)OCC(F)(F)C(F)(F)C(F)(F)C(F)(F)C(F)(F)CCC(F)(F)F. The second-order valence-electron chi connectivity index (χ2n) is 6.86. The third-order valence-electron chi connectivity index (χ3n) is 4.67. The average Bonchev–Trinajstić information content (AvgIpc) is 2.66. The topological polar surface area (TPSA) is 27.7 Å². The van der Waals surface area contributed by atoms with E-state index in [1.54, 1.807) is 0 Å². The van der Waals surface area contributed by atoms with E-state index in [2.05, 4.69) is 4.43 Å². The smallest absolute Gasteiger partial charge is 0.377 e. The summed E-state index contributed by atoms with van der Waals surface area (Å²) < 4.78 is 187. The molecule has 194 valence electrons. The zero-order chi connectivity index (χ0) is 26.0. The molecule has 0 amide bonds. The Kier molecular flexibility index (Phi) is 9.57. The van der Waals surface area contributed by atoms with E-state index in [1.165, 1.54) is 13.8 Å². The van der Waals surface area contributed by atoms with Gasteiger partial charge in [-0.15, -0.1) is 0 Å². The molecule has 0 N–H and O–H groups in total. The van der Waals surface area contributed by atoms with Gasteiger partial charge in [-0.2, -0.15) is 57.1 Å². The highest BCUT2D eigenvalue weighted by Crippen LogP contribution is 2.58. The minimum Gasteiger partial charge on any atom is -0.377 e. The van der Waals surface area contributed by atoms with Gasteiger partial charge in [-0.25, -0.2) is 0 Å². The van der Waals surface area contributed by atoms with E-state index in [9.17, 15) is 57.1 Å². The number of halogens is 13. The van der Waals surface area contributed by atoms with Crippen molar-refractivity contribution in [3.63, 3.8) is 0 Å². The summed E-state index contributed by atoms with van der Waals surface area (Å²) >= 11 is 0. The molecule has 0 aliphatic carbocycles. The van der Waals surface area contributed by atoms with Crippen molar-refractivity contribution in [3.05, 3.63) is 0 Å². The highest BCUT2D eigenvalue weighted by molar-refractivity contribution is 6.62. The van der Waals surface area contributed by atoms with Gasteiger partial charge >= 0.3 is 44.6 Å². The van der Waals surface area contributed by atoms with Gasteiger partial charge < -0.3 is 13.3 Å². The third-order valence-corrected chi connectivity index (χ3v) is 7.97. The summed E-state index contributed by atoms with van der Waals surface area (Å²) in [5.41, 5.74) is -0.865. The Hall–Kier alpha value is -0.813. The van der Waals surface area contributed by atoms with Crippen LogP contribution in [0.2, 0.25) is 5.54 Å². The molecule has 0 aromatic rings. The zero-order valence-electron chi connectivity index (χ0n) is 17.0. The molecule has 1 unspecified atom stereocenters. The van der Waals surface area contributed by atoms with Crippen LogP contribution in [0, 0.1) is 0 Å². The second kappa shape index (κ2) is 9.81. The van der Waals surface area contributed by atoms with Gasteiger partial charge in [0.1, 0.15) is 6.61 Å². The number of hydrogen-bond acceptors (Lipinski definition) is 3. The van der Waals surface area contributed by atoms with Gasteiger partial charge in [0.25, 0.3) is 0 Å². The normalized spacial score (nSPS) is 16.4. The molecule has 17 heteroatoms. The Morgan fingerprint density at radius 2 is 1.06 bits per heavy atom. The van der Waals surface area contributed by atoms with Crippen LogP contribution in [-0.4, -0.2) is 65.4 Å². The molecule has 0 aromatic heterocycles. The molecule has 0 saturated heterocycles. The highest BCUT2D eigenvalue weighted by atomic mass is 28.4. The lowest BCUT2D eigenvalue weighted by Crippen LogP contribution is -2.68. The lowest BCUT2D eigenvalue weighted by Gasteiger charge is -2.40.